The SMILES string of the molecule is CNc1nc2c(c(-c3cccc(N)c3)n1)-c1cc(S(=O)(=O)N3CCOCC3)c(Cl)cc1CC2. The van der Waals surface area contributed by atoms with Gasteiger partial charge in [-0.2, -0.15) is 4.31 Å². The lowest BCUT2D eigenvalue weighted by Gasteiger charge is -2.28. The van der Waals surface area contributed by atoms with Crippen molar-refractivity contribution in [1.29, 1.82) is 0 Å². The Morgan fingerprint density at radius 2 is 1.91 bits per heavy atom. The molecule has 0 amide bonds. The van der Waals surface area contributed by atoms with E-state index in [0.717, 1.165) is 27.9 Å². The molecule has 2 aromatic carbocycles. The van der Waals surface area contributed by atoms with E-state index in [1.807, 2.05) is 24.3 Å². The summed E-state index contributed by atoms with van der Waals surface area (Å²) in [6.07, 6.45) is 1.40. The Labute approximate surface area is 197 Å². The summed E-state index contributed by atoms with van der Waals surface area (Å²) in [6, 6.07) is 10.9. The lowest BCUT2D eigenvalue weighted by atomic mass is 9.86. The number of hydrogen-bond acceptors (Lipinski definition) is 7. The smallest absolute Gasteiger partial charge is 0.244 e. The molecule has 0 bridgehead atoms. The Balaban J connectivity index is 1.73. The third kappa shape index (κ3) is 3.95. The number of fused-ring (bicyclic) bond motifs is 3. The quantitative estimate of drug-likeness (QED) is 0.546. The first-order valence-electron chi connectivity index (χ1n) is 10.7. The van der Waals surface area contributed by atoms with Crippen molar-refractivity contribution in [3.8, 4) is 22.4 Å². The largest absolute Gasteiger partial charge is 0.399 e. The van der Waals surface area contributed by atoms with Gasteiger partial charge in [0.2, 0.25) is 16.0 Å². The topological polar surface area (TPSA) is 110 Å². The summed E-state index contributed by atoms with van der Waals surface area (Å²) in [5, 5.41) is 3.25. The number of benzene rings is 2. The molecule has 0 radical (unpaired) electrons. The van der Waals surface area contributed by atoms with Crippen molar-refractivity contribution in [2.24, 2.45) is 0 Å². The summed E-state index contributed by atoms with van der Waals surface area (Å²) in [6.45, 7) is 1.33. The summed E-state index contributed by atoms with van der Waals surface area (Å²) in [5.41, 5.74) is 11.6. The minimum absolute atomic E-state index is 0.0916. The summed E-state index contributed by atoms with van der Waals surface area (Å²) in [4.78, 5) is 9.50. The van der Waals surface area contributed by atoms with Crippen LogP contribution in [0, 0.1) is 0 Å². The van der Waals surface area contributed by atoms with Crippen molar-refractivity contribution in [2.45, 2.75) is 17.7 Å². The molecule has 0 saturated carbocycles. The fraction of sp³-hybridized carbons (Fsp3) is 0.304. The Morgan fingerprint density at radius 1 is 1.12 bits per heavy atom. The van der Waals surface area contributed by atoms with Gasteiger partial charge < -0.3 is 15.8 Å². The summed E-state index contributed by atoms with van der Waals surface area (Å²) >= 11 is 6.52. The Morgan fingerprint density at radius 3 is 2.64 bits per heavy atom. The molecular weight excluding hydrogens is 462 g/mol. The first-order valence-corrected chi connectivity index (χ1v) is 12.6. The highest BCUT2D eigenvalue weighted by Crippen LogP contribution is 2.43. The Hall–Kier alpha value is -2.72. The molecule has 0 atom stereocenters. The van der Waals surface area contributed by atoms with Crippen LogP contribution >= 0.6 is 11.6 Å². The van der Waals surface area contributed by atoms with Crippen LogP contribution in [-0.4, -0.2) is 56.0 Å². The lowest BCUT2D eigenvalue weighted by molar-refractivity contribution is 0.0730. The number of rotatable bonds is 4. The van der Waals surface area contributed by atoms with Gasteiger partial charge in [0.15, 0.2) is 0 Å². The number of hydrogen-bond donors (Lipinski definition) is 2. The maximum absolute atomic E-state index is 13.4. The van der Waals surface area contributed by atoms with Crippen LogP contribution in [0.3, 0.4) is 0 Å². The van der Waals surface area contributed by atoms with Crippen LogP contribution < -0.4 is 11.1 Å². The highest BCUT2D eigenvalue weighted by Gasteiger charge is 2.32. The van der Waals surface area contributed by atoms with Crippen molar-refractivity contribution in [3.05, 3.63) is 52.7 Å². The normalized spacial score (nSPS) is 16.2. The van der Waals surface area contributed by atoms with Crippen molar-refractivity contribution < 1.29 is 13.2 Å². The van der Waals surface area contributed by atoms with Crippen LogP contribution in [-0.2, 0) is 27.6 Å². The van der Waals surface area contributed by atoms with E-state index in [2.05, 4.69) is 10.3 Å². The number of nitrogens with two attached hydrogens (primary N) is 1. The third-order valence-corrected chi connectivity index (χ3v) is 8.38. The molecule has 1 aromatic heterocycles. The van der Waals surface area contributed by atoms with Crippen LogP contribution in [0.1, 0.15) is 11.3 Å². The van der Waals surface area contributed by atoms with Crippen molar-refractivity contribution in [2.75, 3.05) is 44.4 Å². The van der Waals surface area contributed by atoms with Gasteiger partial charge in [-0.05, 0) is 48.2 Å². The average molecular weight is 486 g/mol. The summed E-state index contributed by atoms with van der Waals surface area (Å²) in [7, 11) is -2.01. The maximum Gasteiger partial charge on any atom is 0.244 e. The molecule has 33 heavy (non-hydrogen) atoms. The van der Waals surface area contributed by atoms with Crippen LogP contribution in [0.25, 0.3) is 22.4 Å². The zero-order valence-electron chi connectivity index (χ0n) is 18.1. The molecule has 3 aromatic rings. The predicted octanol–water partition coefficient (Wildman–Crippen LogP) is 3.21. The van der Waals surface area contributed by atoms with Crippen molar-refractivity contribution >= 4 is 33.3 Å². The van der Waals surface area contributed by atoms with Crippen LogP contribution in [0.15, 0.2) is 41.3 Å². The average Bonchev–Trinajstić information content (AvgIpc) is 2.83. The first-order chi connectivity index (χ1) is 15.9. The van der Waals surface area contributed by atoms with Gasteiger partial charge >= 0.3 is 0 Å². The second kappa shape index (κ2) is 8.57. The Bertz CT molecular complexity index is 1340. The molecule has 1 saturated heterocycles. The van der Waals surface area contributed by atoms with E-state index in [4.69, 9.17) is 27.1 Å². The van der Waals surface area contributed by atoms with Gasteiger partial charge in [0.05, 0.1) is 29.6 Å². The molecule has 1 aliphatic heterocycles. The molecule has 8 nitrogen and oxygen atoms in total. The molecule has 172 valence electrons. The number of aromatic nitrogens is 2. The van der Waals surface area contributed by atoms with E-state index >= 15 is 0 Å². The highest BCUT2D eigenvalue weighted by molar-refractivity contribution is 7.89. The van der Waals surface area contributed by atoms with E-state index in [1.165, 1.54) is 4.31 Å². The summed E-state index contributed by atoms with van der Waals surface area (Å²) in [5.74, 6) is 0.504. The van der Waals surface area contributed by atoms with E-state index in [0.29, 0.717) is 56.5 Å². The molecular formula is C23H24ClN5O3S. The van der Waals surface area contributed by atoms with Gasteiger partial charge in [-0.1, -0.05) is 23.7 Å². The van der Waals surface area contributed by atoms with Crippen molar-refractivity contribution in [1.82, 2.24) is 14.3 Å². The monoisotopic (exact) mass is 485 g/mol. The Kier molecular flexibility index (Phi) is 5.74. The maximum atomic E-state index is 13.4. The molecule has 0 unspecified atom stereocenters. The molecule has 1 fully saturated rings. The predicted molar refractivity (Wildman–Crippen MR) is 129 cm³/mol. The van der Waals surface area contributed by atoms with Gasteiger partial charge in [0, 0.05) is 37.0 Å². The summed E-state index contributed by atoms with van der Waals surface area (Å²) < 4.78 is 33.6. The second-order valence-corrected chi connectivity index (χ2v) is 10.4. The molecule has 1 aliphatic carbocycles. The number of sulfonamides is 1. The van der Waals surface area contributed by atoms with Crippen LogP contribution in [0.4, 0.5) is 11.6 Å². The fourth-order valence-corrected chi connectivity index (χ4v) is 6.35. The third-order valence-electron chi connectivity index (χ3n) is 6.01. The molecule has 5 rings (SSSR count). The van der Waals surface area contributed by atoms with E-state index in [9.17, 15) is 8.42 Å². The number of nitrogen functional groups attached to an aromatic ring is 1. The molecule has 2 aliphatic rings. The highest BCUT2D eigenvalue weighted by atomic mass is 35.5. The second-order valence-electron chi connectivity index (χ2n) is 8.05. The number of aryl methyl sites for hydroxylation is 2. The number of nitrogens with zero attached hydrogens (tertiary/aromatic N) is 3. The minimum Gasteiger partial charge on any atom is -0.399 e. The number of halogens is 1. The number of morpholine rings is 1. The molecule has 10 heteroatoms. The van der Waals surface area contributed by atoms with E-state index in [1.54, 1.807) is 19.2 Å². The van der Waals surface area contributed by atoms with Gasteiger partial charge in [-0.25, -0.2) is 18.4 Å². The molecule has 2 heterocycles. The first kappa shape index (κ1) is 22.1. The molecule has 0 spiro atoms. The number of nitrogens with one attached hydrogen (secondary N) is 1. The van der Waals surface area contributed by atoms with Crippen LogP contribution in [0.2, 0.25) is 5.02 Å². The zero-order valence-corrected chi connectivity index (χ0v) is 19.7. The fourth-order valence-electron chi connectivity index (χ4n) is 4.39. The lowest BCUT2D eigenvalue weighted by Crippen LogP contribution is -2.40. The van der Waals surface area contributed by atoms with E-state index < -0.39 is 10.0 Å². The number of anilines is 2. The van der Waals surface area contributed by atoms with Crippen LogP contribution in [0.5, 0.6) is 0 Å². The standard InChI is InChI=1S/C23H24ClN5O3S/c1-26-23-27-19-6-5-14-12-18(24)20(33(30,31)29-7-9-32-10-8-29)13-17(14)21(19)22(28-23)15-3-2-4-16(25)11-15/h2-4,11-13H,5-10,25H2,1H3,(H,26,27,28). The van der Waals surface area contributed by atoms with Gasteiger partial charge in [-0.3, -0.25) is 0 Å². The van der Waals surface area contributed by atoms with Gasteiger partial charge in [0.1, 0.15) is 4.90 Å². The number of ether oxygens (including phenoxy) is 1. The molecule has 3 N–H and O–H groups in total. The van der Waals surface area contributed by atoms with Crippen molar-refractivity contribution in [3.63, 3.8) is 0 Å². The van der Waals surface area contributed by atoms with Gasteiger partial charge in [-0.15, -0.1) is 0 Å². The zero-order chi connectivity index (χ0) is 23.2. The minimum atomic E-state index is -3.78. The van der Waals surface area contributed by atoms with Gasteiger partial charge in [0.25, 0.3) is 0 Å². The van der Waals surface area contributed by atoms with E-state index in [-0.39, 0.29) is 9.92 Å².